The fraction of sp³-hybridized carbons (Fsp3) is 0.500. The van der Waals surface area contributed by atoms with Crippen LogP contribution >= 0.6 is 23.2 Å². The van der Waals surface area contributed by atoms with Crippen molar-refractivity contribution in [1.82, 2.24) is 4.90 Å². The van der Waals surface area contributed by atoms with Crippen LogP contribution in [0.1, 0.15) is 38.5 Å². The van der Waals surface area contributed by atoms with Gasteiger partial charge in [0.25, 0.3) is 5.91 Å². The first-order chi connectivity index (χ1) is 13.0. The molecule has 0 radical (unpaired) electrons. The maximum Gasteiger partial charge on any atom is 0.328 e. The van der Waals surface area contributed by atoms with Gasteiger partial charge in [-0.05, 0) is 30.5 Å². The molecule has 1 aromatic carbocycles. The number of amides is 1. The number of esters is 1. The van der Waals surface area contributed by atoms with E-state index in [2.05, 4.69) is 0 Å². The molecule has 146 valence electrons. The number of carbonyl (C=O) groups is 2. The quantitative estimate of drug-likeness (QED) is 0.641. The molecule has 1 amide bonds. The monoisotopic (exact) mass is 411 g/mol. The molecule has 7 heteroatoms. The minimum atomic E-state index is -0.594. The van der Waals surface area contributed by atoms with E-state index in [0.29, 0.717) is 33.9 Å². The fourth-order valence-corrected chi connectivity index (χ4v) is 4.21. The highest BCUT2D eigenvalue weighted by molar-refractivity contribution is 6.35. The predicted octanol–water partition coefficient (Wildman–Crippen LogP) is 4.61. The van der Waals surface area contributed by atoms with Crippen LogP contribution in [-0.4, -0.2) is 36.5 Å². The summed E-state index contributed by atoms with van der Waals surface area (Å²) in [5.74, 6) is 0.673. The Labute approximate surface area is 169 Å². The third-order valence-corrected chi connectivity index (χ3v) is 5.69. The SMILES string of the molecule is COC(=O)C(CC1CCCCC1)N1CC(Oc2ccc(Cl)cc2Cl)=CC1=O. The zero-order valence-electron chi connectivity index (χ0n) is 15.2. The lowest BCUT2D eigenvalue weighted by Crippen LogP contribution is -2.44. The summed E-state index contributed by atoms with van der Waals surface area (Å²) in [6.45, 7) is 0.213. The average molecular weight is 412 g/mol. The van der Waals surface area contributed by atoms with E-state index in [4.69, 9.17) is 32.7 Å². The van der Waals surface area contributed by atoms with Crippen molar-refractivity contribution in [2.24, 2.45) is 5.92 Å². The lowest BCUT2D eigenvalue weighted by Gasteiger charge is -2.30. The van der Waals surface area contributed by atoms with Crippen LogP contribution < -0.4 is 4.74 Å². The van der Waals surface area contributed by atoms with Crippen LogP contribution in [0, 0.1) is 5.92 Å². The Balaban J connectivity index is 1.69. The molecule has 27 heavy (non-hydrogen) atoms. The van der Waals surface area contributed by atoms with E-state index in [-0.39, 0.29) is 18.4 Å². The first-order valence-corrected chi connectivity index (χ1v) is 9.95. The Morgan fingerprint density at radius 2 is 2.00 bits per heavy atom. The summed E-state index contributed by atoms with van der Waals surface area (Å²) < 4.78 is 10.7. The molecule has 1 aliphatic carbocycles. The standard InChI is InChI=1S/C20H23Cl2NO4/c1-26-20(25)17(9-13-5-3-2-4-6-13)23-12-15(11-19(23)24)27-18-8-7-14(21)10-16(18)22/h7-8,10-11,13,17H,2-6,9,12H2,1H3. The normalized spacial score (nSPS) is 19.0. The zero-order chi connectivity index (χ0) is 19.4. The number of halogens is 2. The van der Waals surface area contributed by atoms with E-state index in [1.165, 1.54) is 37.3 Å². The number of hydrogen-bond donors (Lipinski definition) is 0. The summed E-state index contributed by atoms with van der Waals surface area (Å²) in [7, 11) is 1.36. The van der Waals surface area contributed by atoms with Crippen LogP contribution in [0.5, 0.6) is 5.75 Å². The lowest BCUT2D eigenvalue weighted by molar-refractivity contribution is -0.151. The van der Waals surface area contributed by atoms with Crippen molar-refractivity contribution in [1.29, 1.82) is 0 Å². The molecule has 0 N–H and O–H groups in total. The number of nitrogens with zero attached hydrogens (tertiary/aromatic N) is 1. The van der Waals surface area contributed by atoms with Gasteiger partial charge in [0.15, 0.2) is 0 Å². The van der Waals surface area contributed by atoms with Gasteiger partial charge in [-0.15, -0.1) is 0 Å². The summed E-state index contributed by atoms with van der Waals surface area (Å²) in [6.07, 6.45) is 7.80. The second-order valence-electron chi connectivity index (χ2n) is 7.03. The maximum absolute atomic E-state index is 12.5. The van der Waals surface area contributed by atoms with Gasteiger partial charge in [-0.1, -0.05) is 55.3 Å². The Morgan fingerprint density at radius 1 is 1.26 bits per heavy atom. The molecule has 0 bridgehead atoms. The van der Waals surface area contributed by atoms with E-state index >= 15 is 0 Å². The highest BCUT2D eigenvalue weighted by Crippen LogP contribution is 2.32. The summed E-state index contributed by atoms with van der Waals surface area (Å²) in [6, 6.07) is 4.30. The smallest absolute Gasteiger partial charge is 0.328 e. The van der Waals surface area contributed by atoms with E-state index in [9.17, 15) is 9.59 Å². The van der Waals surface area contributed by atoms with E-state index in [0.717, 1.165) is 12.8 Å². The number of carbonyl (C=O) groups excluding carboxylic acids is 2. The molecule has 0 spiro atoms. The highest BCUT2D eigenvalue weighted by atomic mass is 35.5. The number of methoxy groups -OCH3 is 1. The summed E-state index contributed by atoms with van der Waals surface area (Å²) >= 11 is 12.0. The van der Waals surface area contributed by atoms with Crippen molar-refractivity contribution in [3.63, 3.8) is 0 Å². The molecule has 3 rings (SSSR count). The molecular formula is C20H23Cl2NO4. The zero-order valence-corrected chi connectivity index (χ0v) is 16.8. The topological polar surface area (TPSA) is 55.8 Å². The van der Waals surface area contributed by atoms with E-state index in [1.54, 1.807) is 18.2 Å². The molecule has 1 unspecified atom stereocenters. The minimum absolute atomic E-state index is 0.213. The van der Waals surface area contributed by atoms with Crippen LogP contribution in [0.15, 0.2) is 30.0 Å². The number of ether oxygens (including phenoxy) is 2. The predicted molar refractivity (Wildman–Crippen MR) is 104 cm³/mol. The summed E-state index contributed by atoms with van der Waals surface area (Å²) in [4.78, 5) is 26.4. The van der Waals surface area contributed by atoms with Gasteiger partial charge in [0.1, 0.15) is 17.6 Å². The molecule has 0 saturated heterocycles. The minimum Gasteiger partial charge on any atom is -0.467 e. The molecule has 5 nitrogen and oxygen atoms in total. The molecule has 1 aliphatic heterocycles. The van der Waals surface area contributed by atoms with Gasteiger partial charge in [0.2, 0.25) is 0 Å². The first kappa shape index (κ1) is 20.0. The van der Waals surface area contributed by atoms with Crippen LogP contribution in [0.4, 0.5) is 0 Å². The van der Waals surface area contributed by atoms with Crippen molar-refractivity contribution in [2.45, 2.75) is 44.6 Å². The second kappa shape index (κ2) is 8.98. The third kappa shape index (κ3) is 4.96. The molecule has 0 aromatic heterocycles. The fourth-order valence-electron chi connectivity index (χ4n) is 3.76. The van der Waals surface area contributed by atoms with Gasteiger partial charge in [0.05, 0.1) is 18.7 Å². The van der Waals surface area contributed by atoms with Crippen LogP contribution in [0.3, 0.4) is 0 Å². The van der Waals surface area contributed by atoms with Crippen LogP contribution in [0.2, 0.25) is 10.0 Å². The Morgan fingerprint density at radius 3 is 2.67 bits per heavy atom. The number of benzene rings is 1. The second-order valence-corrected chi connectivity index (χ2v) is 7.88. The van der Waals surface area contributed by atoms with Crippen molar-refractivity contribution in [2.75, 3.05) is 13.7 Å². The molecular weight excluding hydrogens is 389 g/mol. The number of rotatable bonds is 6. The van der Waals surface area contributed by atoms with Crippen molar-refractivity contribution >= 4 is 35.1 Å². The van der Waals surface area contributed by atoms with Gasteiger partial charge in [-0.25, -0.2) is 4.79 Å². The maximum atomic E-state index is 12.5. The van der Waals surface area contributed by atoms with Crippen LogP contribution in [-0.2, 0) is 14.3 Å². The molecule has 1 saturated carbocycles. The first-order valence-electron chi connectivity index (χ1n) is 9.20. The Kier molecular flexibility index (Phi) is 6.66. The van der Waals surface area contributed by atoms with Crippen molar-refractivity contribution in [3.05, 3.63) is 40.1 Å². The van der Waals surface area contributed by atoms with E-state index in [1.807, 2.05) is 0 Å². The molecule has 1 heterocycles. The summed E-state index contributed by atoms with van der Waals surface area (Å²) in [5.41, 5.74) is 0. The summed E-state index contributed by atoms with van der Waals surface area (Å²) in [5, 5.41) is 0.865. The average Bonchev–Trinajstić information content (AvgIpc) is 3.02. The van der Waals surface area contributed by atoms with E-state index < -0.39 is 6.04 Å². The van der Waals surface area contributed by atoms with Gasteiger partial charge < -0.3 is 14.4 Å². The number of hydrogen-bond acceptors (Lipinski definition) is 4. The molecule has 1 aromatic rings. The van der Waals surface area contributed by atoms with Gasteiger partial charge in [-0.3, -0.25) is 4.79 Å². The Bertz CT molecular complexity index is 743. The molecule has 2 aliphatic rings. The van der Waals surface area contributed by atoms with Gasteiger partial charge >= 0.3 is 5.97 Å². The van der Waals surface area contributed by atoms with Gasteiger partial charge in [-0.2, -0.15) is 0 Å². The largest absolute Gasteiger partial charge is 0.467 e. The van der Waals surface area contributed by atoms with Gasteiger partial charge in [0, 0.05) is 11.1 Å². The lowest BCUT2D eigenvalue weighted by atomic mass is 9.84. The Hall–Kier alpha value is -1.72. The van der Waals surface area contributed by atoms with Crippen molar-refractivity contribution in [3.8, 4) is 5.75 Å². The highest BCUT2D eigenvalue weighted by Gasteiger charge is 2.36. The van der Waals surface area contributed by atoms with Crippen molar-refractivity contribution < 1.29 is 19.1 Å². The molecule has 1 atom stereocenters. The van der Waals surface area contributed by atoms with Crippen LogP contribution in [0.25, 0.3) is 0 Å². The third-order valence-electron chi connectivity index (χ3n) is 5.16. The molecule has 1 fully saturated rings.